The number of allylic oxidation sites excluding steroid dienone is 1. The molecule has 0 fully saturated rings. The normalized spacial score (nSPS) is 17.9. The smallest absolute Gasteiger partial charge is 0.0370 e. The molecule has 1 atom stereocenters. The first-order valence-electron chi connectivity index (χ1n) is 6.15. The molecule has 16 heavy (non-hydrogen) atoms. The molecule has 0 amide bonds. The minimum absolute atomic E-state index is 0.415. The number of rotatable bonds is 4. The monoisotopic (exact) mass is 216 g/mol. The fourth-order valence-corrected chi connectivity index (χ4v) is 2.32. The Bertz CT molecular complexity index is 343. The van der Waals surface area contributed by atoms with E-state index in [9.17, 15) is 0 Å². The summed E-state index contributed by atoms with van der Waals surface area (Å²) < 4.78 is 0. The minimum atomic E-state index is 0.415. The number of hydrogen-bond donors (Lipinski definition) is 1. The van der Waals surface area contributed by atoms with Crippen LogP contribution in [0.5, 0.6) is 0 Å². The molecule has 1 aromatic heterocycles. The van der Waals surface area contributed by atoms with Gasteiger partial charge in [-0.2, -0.15) is 0 Å². The maximum atomic E-state index is 4.19. The van der Waals surface area contributed by atoms with E-state index < -0.39 is 0 Å². The van der Waals surface area contributed by atoms with Gasteiger partial charge in [-0.05, 0) is 50.8 Å². The van der Waals surface area contributed by atoms with E-state index in [1.165, 1.54) is 31.2 Å². The predicted molar refractivity (Wildman–Crippen MR) is 67.2 cm³/mol. The van der Waals surface area contributed by atoms with E-state index >= 15 is 0 Å². The average Bonchev–Trinajstić information content (AvgIpc) is 2.38. The average molecular weight is 216 g/mol. The molecule has 2 nitrogen and oxygen atoms in total. The molecule has 1 N–H and O–H groups in total. The van der Waals surface area contributed by atoms with Crippen LogP contribution in [0.3, 0.4) is 0 Å². The van der Waals surface area contributed by atoms with Gasteiger partial charge in [-0.25, -0.2) is 0 Å². The molecule has 0 saturated carbocycles. The molecule has 0 bridgehead atoms. The standard InChI is InChI=1S/C14H20N2/c1-15-14(13-8-5-9-16-11-13)10-12-6-3-2-4-7-12/h5-6,8-9,11,14-15H,2-4,7,10H2,1H3. The van der Waals surface area contributed by atoms with E-state index in [-0.39, 0.29) is 0 Å². The Morgan fingerprint density at radius 1 is 1.44 bits per heavy atom. The van der Waals surface area contributed by atoms with Gasteiger partial charge in [-0.1, -0.05) is 17.7 Å². The van der Waals surface area contributed by atoms with Gasteiger partial charge in [0.2, 0.25) is 0 Å². The van der Waals surface area contributed by atoms with Crippen LogP contribution in [0.15, 0.2) is 36.2 Å². The van der Waals surface area contributed by atoms with Gasteiger partial charge in [-0.3, -0.25) is 4.98 Å². The zero-order valence-corrected chi connectivity index (χ0v) is 9.95. The number of nitrogens with one attached hydrogen (secondary N) is 1. The molecule has 86 valence electrons. The fraction of sp³-hybridized carbons (Fsp3) is 0.500. The van der Waals surface area contributed by atoms with Crippen LogP contribution in [-0.4, -0.2) is 12.0 Å². The highest BCUT2D eigenvalue weighted by Gasteiger charge is 2.12. The van der Waals surface area contributed by atoms with Crippen molar-refractivity contribution in [1.29, 1.82) is 0 Å². The van der Waals surface area contributed by atoms with Crippen molar-refractivity contribution in [3.05, 3.63) is 41.7 Å². The van der Waals surface area contributed by atoms with Gasteiger partial charge >= 0.3 is 0 Å². The summed E-state index contributed by atoms with van der Waals surface area (Å²) in [5, 5.41) is 3.38. The Hall–Kier alpha value is -1.15. The Morgan fingerprint density at radius 3 is 3.00 bits per heavy atom. The Balaban J connectivity index is 2.03. The highest BCUT2D eigenvalue weighted by Crippen LogP contribution is 2.26. The first kappa shape index (κ1) is 11.3. The quantitative estimate of drug-likeness (QED) is 0.782. The molecule has 0 aromatic carbocycles. The molecule has 1 unspecified atom stereocenters. The van der Waals surface area contributed by atoms with Crippen LogP contribution in [0.25, 0.3) is 0 Å². The first-order chi connectivity index (χ1) is 7.90. The van der Waals surface area contributed by atoms with Gasteiger partial charge in [-0.15, -0.1) is 0 Å². The first-order valence-corrected chi connectivity index (χ1v) is 6.15. The molecule has 1 aliphatic carbocycles. The SMILES string of the molecule is CNC(CC1=CCCCC1)c1cccnc1. The highest BCUT2D eigenvalue weighted by molar-refractivity contribution is 5.18. The van der Waals surface area contributed by atoms with Crippen molar-refractivity contribution in [3.8, 4) is 0 Å². The zero-order valence-electron chi connectivity index (χ0n) is 9.95. The highest BCUT2D eigenvalue weighted by atomic mass is 14.9. The van der Waals surface area contributed by atoms with Crippen molar-refractivity contribution in [2.45, 2.75) is 38.1 Å². The Morgan fingerprint density at radius 2 is 2.38 bits per heavy atom. The summed E-state index contributed by atoms with van der Waals surface area (Å²) >= 11 is 0. The lowest BCUT2D eigenvalue weighted by molar-refractivity contribution is 0.557. The second-order valence-electron chi connectivity index (χ2n) is 4.44. The molecular formula is C14H20N2. The zero-order chi connectivity index (χ0) is 11.2. The van der Waals surface area contributed by atoms with E-state index in [0.717, 1.165) is 6.42 Å². The maximum absolute atomic E-state index is 4.19. The Labute approximate surface area is 97.8 Å². The topological polar surface area (TPSA) is 24.9 Å². The molecule has 0 radical (unpaired) electrons. The molecule has 1 heterocycles. The molecule has 1 aromatic rings. The van der Waals surface area contributed by atoms with Crippen molar-refractivity contribution in [2.24, 2.45) is 0 Å². The van der Waals surface area contributed by atoms with E-state index in [0.29, 0.717) is 6.04 Å². The largest absolute Gasteiger partial charge is 0.313 e. The number of pyridine rings is 1. The summed E-state index contributed by atoms with van der Waals surface area (Å²) in [5.41, 5.74) is 2.89. The van der Waals surface area contributed by atoms with Gasteiger partial charge in [0.25, 0.3) is 0 Å². The van der Waals surface area contributed by atoms with Gasteiger partial charge in [0.15, 0.2) is 0 Å². The molecule has 2 rings (SSSR count). The molecule has 2 heteroatoms. The summed E-state index contributed by atoms with van der Waals surface area (Å²) in [7, 11) is 2.03. The van der Waals surface area contributed by atoms with Gasteiger partial charge in [0, 0.05) is 18.4 Å². The van der Waals surface area contributed by atoms with Crippen molar-refractivity contribution in [3.63, 3.8) is 0 Å². The van der Waals surface area contributed by atoms with Crippen molar-refractivity contribution >= 4 is 0 Å². The minimum Gasteiger partial charge on any atom is -0.313 e. The van der Waals surface area contributed by atoms with Crippen LogP contribution >= 0.6 is 0 Å². The van der Waals surface area contributed by atoms with Crippen LogP contribution in [0.1, 0.15) is 43.7 Å². The Kier molecular flexibility index (Phi) is 4.11. The molecular weight excluding hydrogens is 196 g/mol. The molecule has 0 saturated heterocycles. The van der Waals surface area contributed by atoms with Crippen LogP contribution in [0.4, 0.5) is 0 Å². The maximum Gasteiger partial charge on any atom is 0.0370 e. The third kappa shape index (κ3) is 2.92. The van der Waals surface area contributed by atoms with E-state index in [1.54, 1.807) is 5.57 Å². The third-order valence-electron chi connectivity index (χ3n) is 3.29. The fourth-order valence-electron chi connectivity index (χ4n) is 2.32. The van der Waals surface area contributed by atoms with Crippen molar-refractivity contribution in [1.82, 2.24) is 10.3 Å². The predicted octanol–water partition coefficient (Wildman–Crippen LogP) is 3.23. The van der Waals surface area contributed by atoms with Gasteiger partial charge in [0.1, 0.15) is 0 Å². The second kappa shape index (κ2) is 5.80. The van der Waals surface area contributed by atoms with E-state index in [2.05, 4.69) is 22.4 Å². The summed E-state index contributed by atoms with van der Waals surface area (Å²) in [5.74, 6) is 0. The van der Waals surface area contributed by atoms with Gasteiger partial charge < -0.3 is 5.32 Å². The summed E-state index contributed by atoms with van der Waals surface area (Å²) in [4.78, 5) is 4.19. The number of nitrogens with zero attached hydrogens (tertiary/aromatic N) is 1. The summed E-state index contributed by atoms with van der Waals surface area (Å²) in [6, 6.07) is 4.57. The lowest BCUT2D eigenvalue weighted by Gasteiger charge is -2.20. The third-order valence-corrected chi connectivity index (χ3v) is 3.29. The van der Waals surface area contributed by atoms with Crippen LogP contribution < -0.4 is 5.32 Å². The molecule has 1 aliphatic rings. The van der Waals surface area contributed by atoms with Crippen LogP contribution in [0, 0.1) is 0 Å². The van der Waals surface area contributed by atoms with Crippen LogP contribution in [-0.2, 0) is 0 Å². The number of hydrogen-bond acceptors (Lipinski definition) is 2. The summed E-state index contributed by atoms with van der Waals surface area (Å²) in [6.45, 7) is 0. The second-order valence-corrected chi connectivity index (χ2v) is 4.44. The van der Waals surface area contributed by atoms with Gasteiger partial charge in [0.05, 0.1) is 0 Å². The van der Waals surface area contributed by atoms with E-state index in [1.807, 2.05) is 25.5 Å². The summed E-state index contributed by atoms with van der Waals surface area (Å²) in [6.07, 6.45) is 12.6. The van der Waals surface area contributed by atoms with Crippen molar-refractivity contribution < 1.29 is 0 Å². The number of aromatic nitrogens is 1. The lowest BCUT2D eigenvalue weighted by atomic mass is 9.92. The van der Waals surface area contributed by atoms with Crippen molar-refractivity contribution in [2.75, 3.05) is 7.05 Å². The molecule has 0 aliphatic heterocycles. The lowest BCUT2D eigenvalue weighted by Crippen LogP contribution is -2.17. The molecule has 0 spiro atoms. The van der Waals surface area contributed by atoms with Crippen LogP contribution in [0.2, 0.25) is 0 Å². The van der Waals surface area contributed by atoms with E-state index in [4.69, 9.17) is 0 Å².